The maximum atomic E-state index is 6.25. The van der Waals surface area contributed by atoms with Crippen LogP contribution in [-0.2, 0) is 11.3 Å². The van der Waals surface area contributed by atoms with Crippen LogP contribution in [0.5, 0.6) is 0 Å². The molecule has 2 aromatic rings. The van der Waals surface area contributed by atoms with Crippen LogP contribution >= 0.6 is 23.4 Å². The summed E-state index contributed by atoms with van der Waals surface area (Å²) in [5.41, 5.74) is 1.14. The molecule has 0 saturated heterocycles. The van der Waals surface area contributed by atoms with Gasteiger partial charge in [-0.3, -0.25) is 5.10 Å². The van der Waals surface area contributed by atoms with E-state index in [2.05, 4.69) is 20.5 Å². The molecule has 1 aromatic heterocycles. The molecule has 0 aliphatic rings. The Hall–Kier alpha value is -1.08. The van der Waals surface area contributed by atoms with Crippen LogP contribution in [-0.4, -0.2) is 35.4 Å². The Kier molecular flexibility index (Phi) is 5.65. The largest absolute Gasteiger partial charge is 0.383 e. The molecular formula is C12H15ClN4OS. The molecule has 0 amide bonds. The molecule has 7 heteroatoms. The molecule has 19 heavy (non-hydrogen) atoms. The summed E-state index contributed by atoms with van der Waals surface area (Å²) in [4.78, 5) is 5.01. The summed E-state index contributed by atoms with van der Waals surface area (Å²) in [6.07, 6.45) is 1.48. The van der Waals surface area contributed by atoms with E-state index in [0.29, 0.717) is 11.6 Å². The molecule has 0 fully saturated rings. The quantitative estimate of drug-likeness (QED) is 0.768. The number of ether oxygens (including phenoxy) is 1. The summed E-state index contributed by atoms with van der Waals surface area (Å²) in [7, 11) is 1.69. The van der Waals surface area contributed by atoms with Crippen LogP contribution in [0.25, 0.3) is 0 Å². The van der Waals surface area contributed by atoms with Gasteiger partial charge in [-0.25, -0.2) is 4.98 Å². The van der Waals surface area contributed by atoms with E-state index in [4.69, 9.17) is 16.3 Å². The zero-order valence-electron chi connectivity index (χ0n) is 10.5. The van der Waals surface area contributed by atoms with Crippen LogP contribution in [0.15, 0.2) is 34.6 Å². The van der Waals surface area contributed by atoms with Gasteiger partial charge in [0.25, 0.3) is 0 Å². The first-order valence-corrected chi connectivity index (χ1v) is 7.00. The number of halogens is 1. The molecule has 0 unspecified atom stereocenters. The second kappa shape index (κ2) is 7.49. The van der Waals surface area contributed by atoms with Crippen molar-refractivity contribution in [1.82, 2.24) is 20.5 Å². The molecule has 0 aliphatic carbocycles. The van der Waals surface area contributed by atoms with E-state index in [0.717, 1.165) is 28.7 Å². The summed E-state index contributed by atoms with van der Waals surface area (Å²) in [6.45, 7) is 2.30. The summed E-state index contributed by atoms with van der Waals surface area (Å²) < 4.78 is 4.97. The van der Waals surface area contributed by atoms with E-state index in [9.17, 15) is 0 Å². The Balaban J connectivity index is 1.93. The van der Waals surface area contributed by atoms with Gasteiger partial charge in [-0.1, -0.05) is 17.7 Å². The van der Waals surface area contributed by atoms with Crippen molar-refractivity contribution in [3.05, 3.63) is 35.1 Å². The Morgan fingerprint density at radius 3 is 3.05 bits per heavy atom. The monoisotopic (exact) mass is 298 g/mol. The normalized spacial score (nSPS) is 10.8. The van der Waals surface area contributed by atoms with Crippen molar-refractivity contribution >= 4 is 23.4 Å². The standard InChI is InChI=1S/C12H15ClN4OS/c1-18-5-4-14-7-9-2-3-11(10(13)6-9)19-12-15-8-16-17-12/h2-3,6,8,14H,4-5,7H2,1H3,(H,15,16,17). The van der Waals surface area contributed by atoms with Crippen LogP contribution in [0, 0.1) is 0 Å². The Labute approximate surface area is 121 Å². The maximum Gasteiger partial charge on any atom is 0.188 e. The first-order valence-electron chi connectivity index (χ1n) is 5.81. The minimum atomic E-state index is 0.702. The highest BCUT2D eigenvalue weighted by atomic mass is 35.5. The second-order valence-corrected chi connectivity index (χ2v) is 5.26. The average molecular weight is 299 g/mol. The first-order chi connectivity index (χ1) is 9.29. The first kappa shape index (κ1) is 14.3. The predicted octanol–water partition coefficient (Wildman–Crippen LogP) is 2.35. The predicted molar refractivity (Wildman–Crippen MR) is 75.5 cm³/mol. The van der Waals surface area contributed by atoms with Crippen LogP contribution in [0.3, 0.4) is 0 Å². The van der Waals surface area contributed by atoms with Gasteiger partial charge in [0.05, 0.1) is 11.6 Å². The smallest absolute Gasteiger partial charge is 0.188 e. The van der Waals surface area contributed by atoms with E-state index in [1.165, 1.54) is 18.1 Å². The third kappa shape index (κ3) is 4.50. The van der Waals surface area contributed by atoms with Gasteiger partial charge in [0.1, 0.15) is 6.33 Å². The molecule has 5 nitrogen and oxygen atoms in total. The number of aromatic nitrogens is 3. The van der Waals surface area contributed by atoms with Crippen molar-refractivity contribution in [2.75, 3.05) is 20.3 Å². The van der Waals surface area contributed by atoms with Gasteiger partial charge in [0, 0.05) is 25.1 Å². The number of rotatable bonds is 7. The molecule has 0 aliphatic heterocycles. The highest BCUT2D eigenvalue weighted by Crippen LogP contribution is 2.31. The van der Waals surface area contributed by atoms with Crippen molar-refractivity contribution in [2.45, 2.75) is 16.6 Å². The molecular weight excluding hydrogens is 284 g/mol. The SMILES string of the molecule is COCCNCc1ccc(Sc2ncn[nH]2)c(Cl)c1. The number of nitrogens with zero attached hydrogens (tertiary/aromatic N) is 2. The zero-order chi connectivity index (χ0) is 13.5. The number of hydrogen-bond acceptors (Lipinski definition) is 5. The van der Waals surface area contributed by atoms with Crippen LogP contribution in [0.1, 0.15) is 5.56 Å². The van der Waals surface area contributed by atoms with Gasteiger partial charge < -0.3 is 10.1 Å². The number of H-pyrrole nitrogens is 1. The van der Waals surface area contributed by atoms with E-state index in [1.54, 1.807) is 7.11 Å². The second-order valence-electron chi connectivity index (χ2n) is 3.83. The molecule has 0 spiro atoms. The fourth-order valence-corrected chi connectivity index (χ4v) is 2.51. The molecule has 0 radical (unpaired) electrons. The molecule has 0 bridgehead atoms. The lowest BCUT2D eigenvalue weighted by Crippen LogP contribution is -2.18. The highest BCUT2D eigenvalue weighted by Gasteiger charge is 2.06. The fourth-order valence-electron chi connectivity index (χ4n) is 1.49. The lowest BCUT2D eigenvalue weighted by molar-refractivity contribution is 0.199. The van der Waals surface area contributed by atoms with Gasteiger partial charge in [-0.2, -0.15) is 5.10 Å². The van der Waals surface area contributed by atoms with Gasteiger partial charge in [-0.05, 0) is 29.5 Å². The Morgan fingerprint density at radius 1 is 1.47 bits per heavy atom. The van der Waals surface area contributed by atoms with Gasteiger partial charge in [-0.15, -0.1) is 0 Å². The number of aromatic amines is 1. The molecule has 2 N–H and O–H groups in total. The number of nitrogens with one attached hydrogen (secondary N) is 2. The molecule has 1 heterocycles. The third-order valence-electron chi connectivity index (χ3n) is 2.41. The Bertz CT molecular complexity index is 506. The van der Waals surface area contributed by atoms with E-state index < -0.39 is 0 Å². The van der Waals surface area contributed by atoms with Crippen LogP contribution < -0.4 is 5.32 Å². The van der Waals surface area contributed by atoms with E-state index in [1.807, 2.05) is 18.2 Å². The summed E-state index contributed by atoms with van der Waals surface area (Å²) in [5, 5.41) is 11.3. The molecule has 0 atom stereocenters. The third-order valence-corrected chi connectivity index (χ3v) is 3.80. The number of hydrogen-bond donors (Lipinski definition) is 2. The lowest BCUT2D eigenvalue weighted by atomic mass is 10.2. The summed E-state index contributed by atoms with van der Waals surface area (Å²) in [6, 6.07) is 5.99. The summed E-state index contributed by atoms with van der Waals surface area (Å²) >= 11 is 7.71. The lowest BCUT2D eigenvalue weighted by Gasteiger charge is -2.07. The summed E-state index contributed by atoms with van der Waals surface area (Å²) in [5.74, 6) is 0. The van der Waals surface area contributed by atoms with Crippen molar-refractivity contribution in [3.8, 4) is 0 Å². The zero-order valence-corrected chi connectivity index (χ0v) is 12.1. The van der Waals surface area contributed by atoms with Crippen molar-refractivity contribution in [2.24, 2.45) is 0 Å². The minimum absolute atomic E-state index is 0.702. The van der Waals surface area contributed by atoms with Crippen LogP contribution in [0.2, 0.25) is 5.02 Å². The minimum Gasteiger partial charge on any atom is -0.383 e. The van der Waals surface area contributed by atoms with Crippen LogP contribution in [0.4, 0.5) is 0 Å². The molecule has 0 saturated carbocycles. The van der Waals surface area contributed by atoms with Crippen molar-refractivity contribution in [1.29, 1.82) is 0 Å². The number of benzene rings is 1. The fraction of sp³-hybridized carbons (Fsp3) is 0.333. The van der Waals surface area contributed by atoms with E-state index >= 15 is 0 Å². The van der Waals surface area contributed by atoms with E-state index in [-0.39, 0.29) is 0 Å². The van der Waals surface area contributed by atoms with Crippen molar-refractivity contribution < 1.29 is 4.74 Å². The highest BCUT2D eigenvalue weighted by molar-refractivity contribution is 7.99. The molecule has 102 valence electrons. The number of methoxy groups -OCH3 is 1. The van der Waals surface area contributed by atoms with Gasteiger partial charge in [0.2, 0.25) is 0 Å². The molecule has 1 aromatic carbocycles. The molecule has 2 rings (SSSR count). The van der Waals surface area contributed by atoms with Crippen molar-refractivity contribution in [3.63, 3.8) is 0 Å². The van der Waals surface area contributed by atoms with Gasteiger partial charge >= 0.3 is 0 Å². The Morgan fingerprint density at radius 2 is 2.37 bits per heavy atom. The maximum absolute atomic E-state index is 6.25. The topological polar surface area (TPSA) is 62.8 Å². The average Bonchev–Trinajstić information content (AvgIpc) is 2.91. The van der Waals surface area contributed by atoms with Gasteiger partial charge in [0.15, 0.2) is 5.16 Å².